The number of pyridine rings is 1. The normalized spacial score (nSPS) is 17.4. The summed E-state index contributed by atoms with van der Waals surface area (Å²) in [7, 11) is 0. The molecule has 0 bridgehead atoms. The Morgan fingerprint density at radius 3 is 2.89 bits per heavy atom. The fraction of sp³-hybridized carbons (Fsp3) is 0.571. The van der Waals surface area contributed by atoms with Crippen LogP contribution in [0.1, 0.15) is 30.3 Å². The highest BCUT2D eigenvalue weighted by Crippen LogP contribution is 2.15. The third-order valence-corrected chi connectivity index (χ3v) is 3.54. The summed E-state index contributed by atoms with van der Waals surface area (Å²) in [5.41, 5.74) is 0.132. The number of nitrogens with zero attached hydrogens (tertiary/aromatic N) is 2. The smallest absolute Gasteiger partial charge is 0.270 e. The zero-order valence-electron chi connectivity index (χ0n) is 11.2. The lowest BCUT2D eigenvalue weighted by Crippen LogP contribution is -2.39. The minimum Gasteiger partial charge on any atom is -0.349 e. The molecule has 1 aromatic heterocycles. The summed E-state index contributed by atoms with van der Waals surface area (Å²) in [6.07, 6.45) is 2.44. The summed E-state index contributed by atoms with van der Waals surface area (Å²) in [6.45, 7) is 5.87. The van der Waals surface area contributed by atoms with Crippen molar-refractivity contribution in [1.29, 1.82) is 0 Å². The summed E-state index contributed by atoms with van der Waals surface area (Å²) < 4.78 is 12.9. The Morgan fingerprint density at radius 1 is 1.47 bits per heavy atom. The van der Waals surface area contributed by atoms with Gasteiger partial charge in [-0.15, -0.1) is 0 Å². The first-order valence-corrected chi connectivity index (χ1v) is 6.78. The number of carbonyl (C=O) groups excluding carboxylic acids is 1. The van der Waals surface area contributed by atoms with Crippen LogP contribution in [-0.2, 0) is 0 Å². The van der Waals surface area contributed by atoms with Crippen molar-refractivity contribution in [2.75, 3.05) is 26.2 Å². The lowest BCUT2D eigenvalue weighted by molar-refractivity contribution is 0.0938. The van der Waals surface area contributed by atoms with Crippen molar-refractivity contribution in [2.24, 2.45) is 5.92 Å². The van der Waals surface area contributed by atoms with Gasteiger partial charge in [0.1, 0.15) is 5.69 Å². The second kappa shape index (κ2) is 6.61. The van der Waals surface area contributed by atoms with E-state index in [1.165, 1.54) is 31.0 Å². The maximum Gasteiger partial charge on any atom is 0.270 e. The number of piperidine rings is 1. The van der Waals surface area contributed by atoms with Crippen molar-refractivity contribution in [3.8, 4) is 0 Å². The van der Waals surface area contributed by atoms with Crippen LogP contribution in [0.5, 0.6) is 0 Å². The van der Waals surface area contributed by atoms with Crippen LogP contribution in [0.3, 0.4) is 0 Å². The maximum absolute atomic E-state index is 12.9. The molecule has 104 valence electrons. The number of hydrogen-bond acceptors (Lipinski definition) is 3. The Balaban J connectivity index is 1.72. The highest BCUT2D eigenvalue weighted by molar-refractivity contribution is 5.92. The number of likely N-dealkylation sites (tertiary alicyclic amines) is 1. The van der Waals surface area contributed by atoms with E-state index in [0.29, 0.717) is 6.54 Å². The lowest BCUT2D eigenvalue weighted by Gasteiger charge is -2.30. The standard InChI is InChI=1S/C14H20FN3O/c1-11-5-8-18(9-6-11)10-7-16-14(19)12-3-2-4-13(15)17-12/h2-4,11H,5-10H2,1H3,(H,16,19). The van der Waals surface area contributed by atoms with Crippen LogP contribution in [-0.4, -0.2) is 42.0 Å². The molecule has 1 fully saturated rings. The molecule has 1 N–H and O–H groups in total. The summed E-state index contributed by atoms with van der Waals surface area (Å²) in [4.78, 5) is 17.6. The second-order valence-corrected chi connectivity index (χ2v) is 5.13. The highest BCUT2D eigenvalue weighted by Gasteiger charge is 2.15. The van der Waals surface area contributed by atoms with E-state index >= 15 is 0 Å². The van der Waals surface area contributed by atoms with Crippen LogP contribution in [0, 0.1) is 11.9 Å². The zero-order chi connectivity index (χ0) is 13.7. The summed E-state index contributed by atoms with van der Waals surface area (Å²) in [5, 5.41) is 2.77. The van der Waals surface area contributed by atoms with Crippen LogP contribution in [0.25, 0.3) is 0 Å². The predicted octanol–water partition coefficient (Wildman–Crippen LogP) is 1.68. The number of hydrogen-bond donors (Lipinski definition) is 1. The fourth-order valence-corrected chi connectivity index (χ4v) is 2.24. The topological polar surface area (TPSA) is 45.2 Å². The zero-order valence-corrected chi connectivity index (χ0v) is 11.2. The van der Waals surface area contributed by atoms with Crippen LogP contribution in [0.15, 0.2) is 18.2 Å². The van der Waals surface area contributed by atoms with E-state index in [1.807, 2.05) is 0 Å². The van der Waals surface area contributed by atoms with Crippen LogP contribution >= 0.6 is 0 Å². The second-order valence-electron chi connectivity index (χ2n) is 5.13. The van der Waals surface area contributed by atoms with Gasteiger partial charge in [0.2, 0.25) is 5.95 Å². The van der Waals surface area contributed by atoms with E-state index in [2.05, 4.69) is 22.1 Å². The molecule has 0 atom stereocenters. The molecule has 5 heteroatoms. The fourth-order valence-electron chi connectivity index (χ4n) is 2.24. The Bertz CT molecular complexity index is 430. The van der Waals surface area contributed by atoms with Gasteiger partial charge in [0.05, 0.1) is 0 Å². The third-order valence-electron chi connectivity index (χ3n) is 3.54. The molecule has 19 heavy (non-hydrogen) atoms. The van der Waals surface area contributed by atoms with Crippen LogP contribution < -0.4 is 5.32 Å². The van der Waals surface area contributed by atoms with E-state index < -0.39 is 5.95 Å². The first kappa shape index (κ1) is 13.9. The van der Waals surface area contributed by atoms with Gasteiger partial charge in [-0.25, -0.2) is 4.98 Å². The van der Waals surface area contributed by atoms with E-state index in [-0.39, 0.29) is 11.6 Å². The lowest BCUT2D eigenvalue weighted by atomic mass is 9.99. The van der Waals surface area contributed by atoms with Crippen LogP contribution in [0.2, 0.25) is 0 Å². The molecule has 2 rings (SSSR count). The van der Waals surface area contributed by atoms with E-state index in [0.717, 1.165) is 25.6 Å². The van der Waals surface area contributed by atoms with Crippen molar-refractivity contribution in [3.05, 3.63) is 29.8 Å². The molecule has 1 amide bonds. The molecular formula is C14H20FN3O. The molecule has 0 aliphatic carbocycles. The molecule has 0 spiro atoms. The molecular weight excluding hydrogens is 245 g/mol. The van der Waals surface area contributed by atoms with E-state index in [4.69, 9.17) is 0 Å². The van der Waals surface area contributed by atoms with E-state index in [9.17, 15) is 9.18 Å². The van der Waals surface area contributed by atoms with Gasteiger partial charge in [-0.3, -0.25) is 4.79 Å². The van der Waals surface area contributed by atoms with Gasteiger partial charge in [0.25, 0.3) is 5.91 Å². The van der Waals surface area contributed by atoms with Gasteiger partial charge in [0, 0.05) is 13.1 Å². The average molecular weight is 265 g/mol. The monoisotopic (exact) mass is 265 g/mol. The summed E-state index contributed by atoms with van der Waals surface area (Å²) in [6, 6.07) is 4.23. The molecule has 1 saturated heterocycles. The Hall–Kier alpha value is -1.49. The van der Waals surface area contributed by atoms with Crippen molar-refractivity contribution in [2.45, 2.75) is 19.8 Å². The highest BCUT2D eigenvalue weighted by atomic mass is 19.1. The molecule has 0 saturated carbocycles. The Morgan fingerprint density at radius 2 is 2.21 bits per heavy atom. The quantitative estimate of drug-likeness (QED) is 0.843. The Labute approximate surface area is 113 Å². The maximum atomic E-state index is 12.9. The summed E-state index contributed by atoms with van der Waals surface area (Å²) in [5.74, 6) is -0.134. The number of nitrogens with one attached hydrogen (secondary N) is 1. The number of rotatable bonds is 4. The minimum absolute atomic E-state index is 0.132. The average Bonchev–Trinajstić information content (AvgIpc) is 2.41. The van der Waals surface area contributed by atoms with Crippen molar-refractivity contribution >= 4 is 5.91 Å². The molecule has 0 aromatic carbocycles. The molecule has 1 aromatic rings. The van der Waals surface area contributed by atoms with Gasteiger partial charge in [-0.1, -0.05) is 13.0 Å². The number of carbonyl (C=O) groups is 1. The van der Waals surface area contributed by atoms with Gasteiger partial charge < -0.3 is 10.2 Å². The van der Waals surface area contributed by atoms with Gasteiger partial charge >= 0.3 is 0 Å². The molecule has 1 aliphatic rings. The third kappa shape index (κ3) is 4.28. The molecule has 4 nitrogen and oxygen atoms in total. The van der Waals surface area contributed by atoms with Crippen molar-refractivity contribution in [1.82, 2.24) is 15.2 Å². The Kier molecular flexibility index (Phi) is 4.85. The van der Waals surface area contributed by atoms with Crippen LogP contribution in [0.4, 0.5) is 4.39 Å². The first-order chi connectivity index (χ1) is 9.15. The minimum atomic E-state index is -0.627. The molecule has 0 radical (unpaired) electrons. The predicted molar refractivity (Wildman–Crippen MR) is 71.4 cm³/mol. The largest absolute Gasteiger partial charge is 0.349 e. The molecule has 0 unspecified atom stereocenters. The molecule has 1 aliphatic heterocycles. The number of halogens is 1. The molecule has 2 heterocycles. The van der Waals surface area contributed by atoms with Crippen molar-refractivity contribution < 1.29 is 9.18 Å². The number of aromatic nitrogens is 1. The first-order valence-electron chi connectivity index (χ1n) is 6.78. The van der Waals surface area contributed by atoms with Gasteiger partial charge in [0.15, 0.2) is 0 Å². The van der Waals surface area contributed by atoms with Crippen molar-refractivity contribution in [3.63, 3.8) is 0 Å². The van der Waals surface area contributed by atoms with E-state index in [1.54, 1.807) is 0 Å². The van der Waals surface area contributed by atoms with Gasteiger partial charge in [-0.05, 0) is 44.0 Å². The summed E-state index contributed by atoms with van der Waals surface area (Å²) >= 11 is 0. The number of amides is 1. The van der Waals surface area contributed by atoms with Gasteiger partial charge in [-0.2, -0.15) is 4.39 Å². The SMILES string of the molecule is CC1CCN(CCNC(=O)c2cccc(F)n2)CC1.